The van der Waals surface area contributed by atoms with E-state index in [4.69, 9.17) is 0 Å². The van der Waals surface area contributed by atoms with Gasteiger partial charge in [0.1, 0.15) is 6.10 Å². The van der Waals surface area contributed by atoms with Crippen molar-refractivity contribution in [2.75, 3.05) is 12.4 Å². The van der Waals surface area contributed by atoms with Crippen molar-refractivity contribution in [2.24, 2.45) is 0 Å². The fourth-order valence-electron chi connectivity index (χ4n) is 3.28. The molecule has 0 unspecified atom stereocenters. The minimum Gasteiger partial charge on any atom is -0.390 e. The van der Waals surface area contributed by atoms with Gasteiger partial charge in [0.05, 0.1) is 18.5 Å². The van der Waals surface area contributed by atoms with E-state index in [9.17, 15) is 10.2 Å². The maximum Gasteiger partial charge on any atom is 0.209 e. The minimum absolute atomic E-state index is 0.260. The van der Waals surface area contributed by atoms with Crippen LogP contribution in [-0.4, -0.2) is 49.0 Å². The second kappa shape index (κ2) is 6.75. The fourth-order valence-corrected chi connectivity index (χ4v) is 3.28. The molecule has 0 spiro atoms. The van der Waals surface area contributed by atoms with Crippen molar-refractivity contribution >= 4 is 17.0 Å². The van der Waals surface area contributed by atoms with Crippen LogP contribution < -0.4 is 5.32 Å². The van der Waals surface area contributed by atoms with E-state index in [-0.39, 0.29) is 6.04 Å². The summed E-state index contributed by atoms with van der Waals surface area (Å²) in [7, 11) is 1.77. The molecule has 0 bridgehead atoms. The van der Waals surface area contributed by atoms with Crippen LogP contribution in [0, 0.1) is 11.8 Å². The van der Waals surface area contributed by atoms with E-state index in [2.05, 4.69) is 32.1 Å². The lowest BCUT2D eigenvalue weighted by molar-refractivity contribution is 0.0241. The van der Waals surface area contributed by atoms with Crippen LogP contribution in [0.5, 0.6) is 0 Å². The van der Waals surface area contributed by atoms with Gasteiger partial charge in [-0.1, -0.05) is 24.1 Å². The predicted octanol–water partition coefficient (Wildman–Crippen LogP) is 1.32. The molecule has 7 nitrogen and oxygen atoms in total. The zero-order valence-corrected chi connectivity index (χ0v) is 14.3. The van der Waals surface area contributed by atoms with Crippen LogP contribution in [-0.2, 0) is 0 Å². The Morgan fingerprint density at radius 3 is 2.62 bits per heavy atom. The molecule has 4 rings (SSSR count). The van der Waals surface area contributed by atoms with Crippen LogP contribution in [0.3, 0.4) is 0 Å². The number of fused-ring (bicyclic) bond motifs is 1. The molecule has 3 atom stereocenters. The quantitative estimate of drug-likeness (QED) is 0.604. The molecule has 0 saturated heterocycles. The van der Waals surface area contributed by atoms with E-state index >= 15 is 0 Å². The third kappa shape index (κ3) is 2.90. The van der Waals surface area contributed by atoms with Gasteiger partial charge < -0.3 is 20.1 Å². The number of hydrogen-bond donors (Lipinski definition) is 3. The van der Waals surface area contributed by atoms with Crippen molar-refractivity contribution < 1.29 is 10.2 Å². The average Bonchev–Trinajstić information content (AvgIpc) is 3.24. The van der Waals surface area contributed by atoms with Crippen molar-refractivity contribution in [1.29, 1.82) is 0 Å². The number of benzene rings is 1. The molecule has 0 radical (unpaired) electrons. The van der Waals surface area contributed by atoms with Gasteiger partial charge in [0.2, 0.25) is 5.82 Å². The van der Waals surface area contributed by atoms with E-state index in [1.54, 1.807) is 13.4 Å². The number of imidazole rings is 1. The molecular weight excluding hydrogens is 330 g/mol. The molecule has 1 saturated carbocycles. The van der Waals surface area contributed by atoms with Gasteiger partial charge in [0.25, 0.3) is 0 Å². The first-order valence-corrected chi connectivity index (χ1v) is 8.53. The summed E-state index contributed by atoms with van der Waals surface area (Å²) in [6.45, 7) is 0. The average molecular weight is 349 g/mol. The molecule has 1 fully saturated rings. The Hall–Kier alpha value is -2.95. The monoisotopic (exact) mass is 349 g/mol. The minimum atomic E-state index is -0.834. The maximum absolute atomic E-state index is 10.3. The van der Waals surface area contributed by atoms with E-state index in [0.717, 1.165) is 5.56 Å². The molecule has 1 aliphatic carbocycles. The number of anilines is 1. The normalized spacial score (nSPS) is 22.2. The third-order valence-electron chi connectivity index (χ3n) is 4.65. The highest BCUT2D eigenvalue weighted by Crippen LogP contribution is 2.33. The number of nitrogens with zero attached hydrogens (tertiary/aromatic N) is 4. The Kier molecular flexibility index (Phi) is 4.29. The summed E-state index contributed by atoms with van der Waals surface area (Å²) in [5.41, 5.74) is 2.09. The molecular formula is C19H19N5O2. The summed E-state index contributed by atoms with van der Waals surface area (Å²) in [5, 5.41) is 23.1. The highest BCUT2D eigenvalue weighted by atomic mass is 16.3. The molecule has 1 aromatic carbocycles. The maximum atomic E-state index is 10.3. The number of nitrogens with one attached hydrogen (secondary N) is 1. The number of aliphatic hydroxyl groups is 2. The van der Waals surface area contributed by atoms with E-state index in [1.165, 1.54) is 0 Å². The topological polar surface area (TPSA) is 96.1 Å². The fraction of sp³-hybridized carbons (Fsp3) is 0.316. The Balaban J connectivity index is 1.79. The van der Waals surface area contributed by atoms with Gasteiger partial charge in [-0.2, -0.15) is 0 Å². The highest BCUT2D eigenvalue weighted by molar-refractivity contribution is 5.83. The van der Waals surface area contributed by atoms with Crippen molar-refractivity contribution in [3.05, 3.63) is 48.0 Å². The van der Waals surface area contributed by atoms with Crippen molar-refractivity contribution in [3.8, 4) is 11.8 Å². The summed E-state index contributed by atoms with van der Waals surface area (Å²) in [6, 6.07) is 9.37. The van der Waals surface area contributed by atoms with Gasteiger partial charge in [-0.3, -0.25) is 0 Å². The molecule has 0 aliphatic heterocycles. The predicted molar refractivity (Wildman–Crippen MR) is 97.6 cm³/mol. The van der Waals surface area contributed by atoms with Crippen LogP contribution in [0.15, 0.2) is 36.7 Å². The van der Waals surface area contributed by atoms with Crippen molar-refractivity contribution in [1.82, 2.24) is 19.5 Å². The van der Waals surface area contributed by atoms with E-state index in [1.807, 2.05) is 34.9 Å². The standard InChI is InChI=1S/C19H19N5O2/c1-20-18-16-19(24(11-21-16)13-8-9-14(25)17(13)26)23-15(22-18)10-7-12-5-3-2-4-6-12/h2-6,11,13-14,17,25-26H,8-9H2,1H3,(H,20,22,23)/t13-,14-,17+/m1/s1. The Morgan fingerprint density at radius 1 is 1.12 bits per heavy atom. The number of rotatable bonds is 2. The van der Waals surface area contributed by atoms with Crippen LogP contribution >= 0.6 is 0 Å². The number of aromatic nitrogens is 4. The van der Waals surface area contributed by atoms with Gasteiger partial charge in [-0.15, -0.1) is 0 Å². The molecule has 2 heterocycles. The van der Waals surface area contributed by atoms with Crippen LogP contribution in [0.25, 0.3) is 11.2 Å². The smallest absolute Gasteiger partial charge is 0.209 e. The Bertz CT molecular complexity index is 990. The first kappa shape index (κ1) is 16.5. The molecule has 0 amide bonds. The van der Waals surface area contributed by atoms with Crippen molar-refractivity contribution in [3.63, 3.8) is 0 Å². The summed E-state index contributed by atoms with van der Waals surface area (Å²) in [4.78, 5) is 13.4. The second-order valence-electron chi connectivity index (χ2n) is 6.29. The van der Waals surface area contributed by atoms with Crippen LogP contribution in [0.1, 0.15) is 30.3 Å². The van der Waals surface area contributed by atoms with E-state index in [0.29, 0.717) is 35.6 Å². The molecule has 7 heteroatoms. The molecule has 26 heavy (non-hydrogen) atoms. The Labute approximate surface area is 150 Å². The first-order valence-electron chi connectivity index (χ1n) is 8.53. The highest BCUT2D eigenvalue weighted by Gasteiger charge is 2.35. The largest absolute Gasteiger partial charge is 0.390 e. The first-order chi connectivity index (χ1) is 12.7. The molecule has 132 valence electrons. The number of hydrogen-bond acceptors (Lipinski definition) is 6. The van der Waals surface area contributed by atoms with Gasteiger partial charge in [0, 0.05) is 12.6 Å². The number of aliphatic hydroxyl groups excluding tert-OH is 2. The molecule has 3 N–H and O–H groups in total. The van der Waals surface area contributed by atoms with Gasteiger partial charge >= 0.3 is 0 Å². The SMILES string of the molecule is CNc1nc(C#Cc2ccccc2)nc2c1ncn2[C@@H]1CC[C@@H](O)[C@H]1O. The summed E-state index contributed by atoms with van der Waals surface area (Å²) < 4.78 is 1.81. The summed E-state index contributed by atoms with van der Waals surface area (Å²) >= 11 is 0. The molecule has 3 aromatic rings. The lowest BCUT2D eigenvalue weighted by Gasteiger charge is -2.18. The summed E-state index contributed by atoms with van der Waals surface area (Å²) in [6.07, 6.45) is 1.30. The van der Waals surface area contributed by atoms with E-state index < -0.39 is 12.2 Å². The van der Waals surface area contributed by atoms with Gasteiger partial charge in [0.15, 0.2) is 17.0 Å². The van der Waals surface area contributed by atoms with Crippen LogP contribution in [0.4, 0.5) is 5.82 Å². The van der Waals surface area contributed by atoms with Crippen molar-refractivity contribution in [2.45, 2.75) is 31.1 Å². The Morgan fingerprint density at radius 2 is 1.92 bits per heavy atom. The zero-order chi connectivity index (χ0) is 18.1. The zero-order valence-electron chi connectivity index (χ0n) is 14.3. The second-order valence-corrected chi connectivity index (χ2v) is 6.29. The molecule has 1 aliphatic rings. The van der Waals surface area contributed by atoms with Crippen LogP contribution in [0.2, 0.25) is 0 Å². The molecule has 2 aromatic heterocycles. The summed E-state index contributed by atoms with van der Waals surface area (Å²) in [5.74, 6) is 7.00. The van der Waals surface area contributed by atoms with Gasteiger partial charge in [-0.25, -0.2) is 15.0 Å². The third-order valence-corrected chi connectivity index (χ3v) is 4.65. The lowest BCUT2D eigenvalue weighted by Crippen LogP contribution is -2.27. The lowest BCUT2D eigenvalue weighted by atomic mass is 10.2. The van der Waals surface area contributed by atoms with Gasteiger partial charge in [-0.05, 0) is 30.9 Å².